The van der Waals surface area contributed by atoms with Crippen LogP contribution in [-0.4, -0.2) is 11.8 Å². The van der Waals surface area contributed by atoms with Crippen molar-refractivity contribution < 1.29 is 35.4 Å². The molecule has 0 spiro atoms. The zero-order valence-electron chi connectivity index (χ0n) is 4.82. The molecule has 4 heteroatoms. The fourth-order valence-electron chi connectivity index (χ4n) is 0.248. The molecule has 0 bridgehead atoms. The van der Waals surface area contributed by atoms with Gasteiger partial charge >= 0.3 is 0 Å². The molecule has 0 rings (SSSR count). The monoisotopic (exact) mass is 281 g/mol. The Morgan fingerprint density at radius 3 is 1.38 bits per heavy atom. The maximum Gasteiger partial charge on any atom is 0.223 e. The van der Waals surface area contributed by atoms with Gasteiger partial charge in [0.1, 0.15) is 0 Å². The summed E-state index contributed by atoms with van der Waals surface area (Å²) in [5.41, 5.74) is 0. The second-order valence-electron chi connectivity index (χ2n) is 1.24. The maximum absolute atomic E-state index is 9.92. The maximum atomic E-state index is 9.92. The molecule has 0 aliphatic carbocycles. The number of imide groups is 1. The second kappa shape index (κ2) is 5.15. The van der Waals surface area contributed by atoms with Crippen LogP contribution >= 0.6 is 0 Å². The summed E-state index contributed by atoms with van der Waals surface area (Å²) in [7, 11) is 0. The smallest absolute Gasteiger partial charge is 0.223 e. The third-order valence-electron chi connectivity index (χ3n) is 0.352. The van der Waals surface area contributed by atoms with Gasteiger partial charge in [0.15, 0.2) is 0 Å². The Bertz CT molecular complexity index is 90.2. The van der Waals surface area contributed by atoms with Crippen molar-refractivity contribution in [3.05, 3.63) is 0 Å². The molecule has 0 fully saturated rings. The van der Waals surface area contributed by atoms with E-state index in [0.29, 0.717) is 0 Å². The summed E-state index contributed by atoms with van der Waals surface area (Å²) in [6.07, 6.45) is 0. The van der Waals surface area contributed by atoms with Crippen molar-refractivity contribution in [3.63, 3.8) is 0 Å². The van der Waals surface area contributed by atoms with Crippen molar-refractivity contribution in [2.45, 2.75) is 13.8 Å². The molecular formula is C4H7HfNO2. The van der Waals surface area contributed by atoms with Crippen LogP contribution in [0.1, 0.15) is 13.8 Å². The van der Waals surface area contributed by atoms with Gasteiger partial charge in [-0.05, 0) is 0 Å². The topological polar surface area (TPSA) is 46.2 Å². The van der Waals surface area contributed by atoms with E-state index in [1.807, 2.05) is 5.32 Å². The fourth-order valence-corrected chi connectivity index (χ4v) is 0.248. The van der Waals surface area contributed by atoms with Gasteiger partial charge in [-0.1, -0.05) is 0 Å². The number of hydrogen-bond donors (Lipinski definition) is 1. The summed E-state index contributed by atoms with van der Waals surface area (Å²) in [5.74, 6) is -0.625. The number of rotatable bonds is 0. The molecule has 0 heterocycles. The van der Waals surface area contributed by atoms with E-state index in [0.717, 1.165) is 0 Å². The zero-order chi connectivity index (χ0) is 5.86. The van der Waals surface area contributed by atoms with Crippen LogP contribution < -0.4 is 5.32 Å². The first-order valence-corrected chi connectivity index (χ1v) is 1.91. The van der Waals surface area contributed by atoms with E-state index in [9.17, 15) is 9.59 Å². The first-order valence-electron chi connectivity index (χ1n) is 1.91. The molecule has 2 amide bonds. The summed E-state index contributed by atoms with van der Waals surface area (Å²) in [4.78, 5) is 19.8. The summed E-state index contributed by atoms with van der Waals surface area (Å²) >= 11 is 0. The largest absolute Gasteiger partial charge is 0.297 e. The molecule has 3 nitrogen and oxygen atoms in total. The van der Waals surface area contributed by atoms with Crippen molar-refractivity contribution >= 4 is 11.8 Å². The van der Waals surface area contributed by atoms with Gasteiger partial charge in [-0.15, -0.1) is 0 Å². The number of carbonyl (C=O) groups excluding carboxylic acids is 2. The Kier molecular flexibility index (Phi) is 7.02. The Balaban J connectivity index is 0. The van der Waals surface area contributed by atoms with Crippen LogP contribution in [-0.2, 0) is 35.4 Å². The van der Waals surface area contributed by atoms with E-state index >= 15 is 0 Å². The van der Waals surface area contributed by atoms with Crippen LogP contribution in [0.3, 0.4) is 0 Å². The number of amides is 2. The standard InChI is InChI=1S/C4H7NO2.Hf/c1-3(6)5-4(2)7;/h1-2H3,(H,5,6,7);. The molecule has 1 N–H and O–H groups in total. The summed E-state index contributed by atoms with van der Waals surface area (Å²) in [6, 6.07) is 0. The molecule has 0 aromatic heterocycles. The zero-order valence-corrected chi connectivity index (χ0v) is 8.41. The van der Waals surface area contributed by atoms with Crippen molar-refractivity contribution in [3.8, 4) is 0 Å². The molecule has 44 valence electrons. The van der Waals surface area contributed by atoms with Gasteiger partial charge in [0.2, 0.25) is 11.8 Å². The van der Waals surface area contributed by atoms with Crippen LogP contribution in [0.25, 0.3) is 0 Å². The second-order valence-corrected chi connectivity index (χ2v) is 1.24. The molecule has 0 aliphatic heterocycles. The molecular weight excluding hydrogens is 273 g/mol. The van der Waals surface area contributed by atoms with E-state index in [1.165, 1.54) is 13.8 Å². The molecule has 0 aromatic carbocycles. The molecule has 0 saturated heterocycles. The van der Waals surface area contributed by atoms with Crippen LogP contribution in [0.15, 0.2) is 0 Å². The quantitative estimate of drug-likeness (QED) is 0.617. The summed E-state index contributed by atoms with van der Waals surface area (Å²) in [5, 5.41) is 2.03. The Hall–Kier alpha value is 0.0101. The third kappa shape index (κ3) is 9.38. The van der Waals surface area contributed by atoms with Gasteiger partial charge in [0.25, 0.3) is 0 Å². The van der Waals surface area contributed by atoms with Crippen molar-refractivity contribution in [2.24, 2.45) is 0 Å². The first-order chi connectivity index (χ1) is 3.13. The van der Waals surface area contributed by atoms with E-state index in [2.05, 4.69) is 0 Å². The number of carbonyl (C=O) groups is 2. The number of nitrogens with one attached hydrogen (secondary N) is 1. The summed E-state index contributed by atoms with van der Waals surface area (Å²) in [6.45, 7) is 2.59. The number of hydrogen-bond acceptors (Lipinski definition) is 2. The predicted molar refractivity (Wildman–Crippen MR) is 24.5 cm³/mol. The SMILES string of the molecule is CC(=O)NC(C)=O.[Hf]. The average Bonchev–Trinajstić information content (AvgIpc) is 1.27. The van der Waals surface area contributed by atoms with Gasteiger partial charge < -0.3 is 0 Å². The normalized spacial score (nSPS) is 6.75. The van der Waals surface area contributed by atoms with E-state index in [1.54, 1.807) is 0 Å². The molecule has 0 saturated carbocycles. The molecule has 0 aromatic rings. The van der Waals surface area contributed by atoms with E-state index in [-0.39, 0.29) is 37.7 Å². The van der Waals surface area contributed by atoms with Crippen LogP contribution in [0, 0.1) is 0 Å². The van der Waals surface area contributed by atoms with E-state index in [4.69, 9.17) is 0 Å². The van der Waals surface area contributed by atoms with Gasteiger partial charge in [-0.2, -0.15) is 0 Å². The molecule has 0 unspecified atom stereocenters. The van der Waals surface area contributed by atoms with Gasteiger partial charge in [-0.3, -0.25) is 14.9 Å². The first kappa shape index (κ1) is 10.9. The average molecular weight is 280 g/mol. The van der Waals surface area contributed by atoms with Gasteiger partial charge in [0.05, 0.1) is 0 Å². The van der Waals surface area contributed by atoms with Gasteiger partial charge in [-0.25, -0.2) is 0 Å². The molecule has 0 atom stereocenters. The van der Waals surface area contributed by atoms with Crippen LogP contribution in [0.2, 0.25) is 0 Å². The summed E-state index contributed by atoms with van der Waals surface area (Å²) < 4.78 is 0. The Morgan fingerprint density at radius 2 is 1.38 bits per heavy atom. The van der Waals surface area contributed by atoms with Crippen molar-refractivity contribution in [2.75, 3.05) is 0 Å². The molecule has 0 aliphatic rings. The molecule has 8 heavy (non-hydrogen) atoms. The minimum absolute atomic E-state index is 0. The fraction of sp³-hybridized carbons (Fsp3) is 0.500. The molecule has 0 radical (unpaired) electrons. The van der Waals surface area contributed by atoms with Crippen molar-refractivity contribution in [1.29, 1.82) is 0 Å². The van der Waals surface area contributed by atoms with Crippen LogP contribution in [0.4, 0.5) is 0 Å². The van der Waals surface area contributed by atoms with E-state index < -0.39 is 0 Å². The van der Waals surface area contributed by atoms with Crippen molar-refractivity contribution in [1.82, 2.24) is 5.32 Å². The minimum Gasteiger partial charge on any atom is -0.297 e. The van der Waals surface area contributed by atoms with Crippen LogP contribution in [0.5, 0.6) is 0 Å². The predicted octanol–water partition coefficient (Wildman–Crippen LogP) is -0.333. The Labute approximate surface area is 66.6 Å². The third-order valence-corrected chi connectivity index (χ3v) is 0.352. The minimum atomic E-state index is -0.312. The van der Waals surface area contributed by atoms with Gasteiger partial charge in [0, 0.05) is 39.7 Å². The Morgan fingerprint density at radius 1 is 1.12 bits per heavy atom.